The highest BCUT2D eigenvalue weighted by atomic mass is 16.6. The topological polar surface area (TPSA) is 72.2 Å². The summed E-state index contributed by atoms with van der Waals surface area (Å²) in [5.74, 6) is 1.02. The molecular weight excluding hydrogens is 360 g/mol. The lowest BCUT2D eigenvalue weighted by molar-refractivity contribution is -0.140. The molecule has 0 spiro atoms. The molecule has 1 aromatic heterocycles. The summed E-state index contributed by atoms with van der Waals surface area (Å²) in [6.07, 6.45) is 2.14. The van der Waals surface area contributed by atoms with Gasteiger partial charge in [0.05, 0.1) is 0 Å². The summed E-state index contributed by atoms with van der Waals surface area (Å²) >= 11 is 0. The van der Waals surface area contributed by atoms with Crippen LogP contribution in [0.25, 0.3) is 0 Å². The smallest absolute Gasteiger partial charge is 0.290 e. The standard InChI is InChI=1S/C21H24N2O5/c24-20(17-8-4-15-26-17)22-11-5-12-23(14-13-22)21(25)18-9-10-19(28-18)27-16-6-2-1-3-7-16/h1-3,6-7,9-10,17H,4-5,8,11-15H2/t17-/m1/s1. The van der Waals surface area contributed by atoms with Crippen molar-refractivity contribution in [3.05, 3.63) is 48.2 Å². The predicted molar refractivity (Wildman–Crippen MR) is 101 cm³/mol. The third-order valence-electron chi connectivity index (χ3n) is 5.05. The number of carbonyl (C=O) groups excluding carboxylic acids is 2. The second kappa shape index (κ2) is 8.48. The molecule has 148 valence electrons. The van der Waals surface area contributed by atoms with Gasteiger partial charge in [0.2, 0.25) is 0 Å². The van der Waals surface area contributed by atoms with Gasteiger partial charge in [0.15, 0.2) is 5.76 Å². The van der Waals surface area contributed by atoms with Crippen LogP contribution in [0.2, 0.25) is 0 Å². The first-order chi connectivity index (χ1) is 13.7. The number of carbonyl (C=O) groups is 2. The molecule has 0 unspecified atom stereocenters. The molecule has 28 heavy (non-hydrogen) atoms. The van der Waals surface area contributed by atoms with Gasteiger partial charge in [0.1, 0.15) is 11.9 Å². The van der Waals surface area contributed by atoms with Crippen molar-refractivity contribution in [1.82, 2.24) is 9.80 Å². The lowest BCUT2D eigenvalue weighted by Gasteiger charge is -2.24. The summed E-state index contributed by atoms with van der Waals surface area (Å²) in [5.41, 5.74) is 0. The molecular formula is C21H24N2O5. The summed E-state index contributed by atoms with van der Waals surface area (Å²) in [7, 11) is 0. The number of nitrogens with zero attached hydrogens (tertiary/aromatic N) is 2. The highest BCUT2D eigenvalue weighted by Crippen LogP contribution is 2.24. The highest BCUT2D eigenvalue weighted by Gasteiger charge is 2.30. The summed E-state index contributed by atoms with van der Waals surface area (Å²) in [6, 6.07) is 12.5. The third kappa shape index (κ3) is 4.20. The molecule has 1 atom stereocenters. The van der Waals surface area contributed by atoms with Crippen LogP contribution < -0.4 is 4.74 Å². The fourth-order valence-corrected chi connectivity index (χ4v) is 3.57. The summed E-state index contributed by atoms with van der Waals surface area (Å²) < 4.78 is 16.7. The van der Waals surface area contributed by atoms with E-state index in [0.717, 1.165) is 19.3 Å². The van der Waals surface area contributed by atoms with Crippen LogP contribution in [-0.2, 0) is 9.53 Å². The number of amides is 2. The minimum atomic E-state index is -0.315. The molecule has 0 radical (unpaired) electrons. The normalized spacial score (nSPS) is 20.1. The Morgan fingerprint density at radius 1 is 0.929 bits per heavy atom. The Balaban J connectivity index is 1.35. The Morgan fingerprint density at radius 2 is 1.71 bits per heavy atom. The number of furan rings is 1. The van der Waals surface area contributed by atoms with Gasteiger partial charge in [-0.3, -0.25) is 9.59 Å². The summed E-state index contributed by atoms with van der Waals surface area (Å²) in [4.78, 5) is 28.9. The number of hydrogen-bond acceptors (Lipinski definition) is 5. The van der Waals surface area contributed by atoms with E-state index < -0.39 is 0 Å². The maximum atomic E-state index is 12.8. The van der Waals surface area contributed by atoms with Crippen LogP contribution in [0.3, 0.4) is 0 Å². The highest BCUT2D eigenvalue weighted by molar-refractivity contribution is 5.91. The fraction of sp³-hybridized carbons (Fsp3) is 0.429. The summed E-state index contributed by atoms with van der Waals surface area (Å²) in [5, 5.41) is 0. The van der Waals surface area contributed by atoms with Crippen molar-refractivity contribution in [2.45, 2.75) is 25.4 Å². The Bertz CT molecular complexity index is 813. The van der Waals surface area contributed by atoms with Gasteiger partial charge in [-0.25, -0.2) is 0 Å². The number of para-hydroxylation sites is 1. The molecule has 2 amide bonds. The second-order valence-corrected chi connectivity index (χ2v) is 7.01. The van der Waals surface area contributed by atoms with E-state index in [1.54, 1.807) is 17.0 Å². The molecule has 2 aliphatic heterocycles. The van der Waals surface area contributed by atoms with E-state index in [0.29, 0.717) is 38.5 Å². The third-order valence-corrected chi connectivity index (χ3v) is 5.05. The second-order valence-electron chi connectivity index (χ2n) is 7.01. The van der Waals surface area contributed by atoms with E-state index >= 15 is 0 Å². The van der Waals surface area contributed by atoms with Crippen LogP contribution in [0.5, 0.6) is 11.7 Å². The minimum absolute atomic E-state index is 0.0448. The average Bonchev–Trinajstić information content (AvgIpc) is 3.35. The van der Waals surface area contributed by atoms with Crippen molar-refractivity contribution >= 4 is 11.8 Å². The van der Waals surface area contributed by atoms with E-state index in [-0.39, 0.29) is 29.6 Å². The Hall–Kier alpha value is -2.80. The number of ether oxygens (including phenoxy) is 2. The first kappa shape index (κ1) is 18.6. The zero-order valence-corrected chi connectivity index (χ0v) is 15.7. The monoisotopic (exact) mass is 384 g/mol. The van der Waals surface area contributed by atoms with Gasteiger partial charge < -0.3 is 23.7 Å². The quantitative estimate of drug-likeness (QED) is 0.810. The van der Waals surface area contributed by atoms with E-state index in [1.165, 1.54) is 0 Å². The maximum Gasteiger partial charge on any atom is 0.290 e. The lowest BCUT2D eigenvalue weighted by atomic mass is 10.2. The van der Waals surface area contributed by atoms with Gasteiger partial charge in [-0.2, -0.15) is 0 Å². The molecule has 3 heterocycles. The van der Waals surface area contributed by atoms with Gasteiger partial charge in [-0.05, 0) is 37.5 Å². The van der Waals surface area contributed by atoms with Gasteiger partial charge in [-0.1, -0.05) is 18.2 Å². The SMILES string of the molecule is O=C(c1ccc(Oc2ccccc2)o1)N1CCCN(C(=O)[C@H]2CCCO2)CC1. The van der Waals surface area contributed by atoms with Gasteiger partial charge in [-0.15, -0.1) is 0 Å². The van der Waals surface area contributed by atoms with Crippen LogP contribution in [0, 0.1) is 0 Å². The fourth-order valence-electron chi connectivity index (χ4n) is 3.57. The van der Waals surface area contributed by atoms with E-state index in [4.69, 9.17) is 13.9 Å². The zero-order valence-electron chi connectivity index (χ0n) is 15.7. The van der Waals surface area contributed by atoms with Gasteiger partial charge in [0, 0.05) is 38.9 Å². The largest absolute Gasteiger partial charge is 0.426 e. The molecule has 0 aliphatic carbocycles. The van der Waals surface area contributed by atoms with Crippen molar-refractivity contribution < 1.29 is 23.5 Å². The van der Waals surface area contributed by atoms with Crippen molar-refractivity contribution in [2.24, 2.45) is 0 Å². The van der Waals surface area contributed by atoms with Crippen LogP contribution in [-0.4, -0.2) is 60.5 Å². The Morgan fingerprint density at radius 3 is 2.50 bits per heavy atom. The Kier molecular flexibility index (Phi) is 5.62. The van der Waals surface area contributed by atoms with Crippen molar-refractivity contribution in [2.75, 3.05) is 32.8 Å². The van der Waals surface area contributed by atoms with Crippen molar-refractivity contribution in [3.8, 4) is 11.7 Å². The molecule has 1 aromatic carbocycles. The molecule has 7 heteroatoms. The lowest BCUT2D eigenvalue weighted by Crippen LogP contribution is -2.41. The van der Waals surface area contributed by atoms with Crippen LogP contribution >= 0.6 is 0 Å². The van der Waals surface area contributed by atoms with E-state index in [1.807, 2.05) is 35.2 Å². The molecule has 2 saturated heterocycles. The van der Waals surface area contributed by atoms with Gasteiger partial charge in [0.25, 0.3) is 17.8 Å². The van der Waals surface area contributed by atoms with Crippen LogP contribution in [0.1, 0.15) is 29.8 Å². The van der Waals surface area contributed by atoms with Crippen molar-refractivity contribution in [3.63, 3.8) is 0 Å². The maximum absolute atomic E-state index is 12.8. The summed E-state index contributed by atoms with van der Waals surface area (Å²) in [6.45, 7) is 2.87. The number of rotatable bonds is 4. The molecule has 2 aliphatic rings. The van der Waals surface area contributed by atoms with Crippen LogP contribution in [0.15, 0.2) is 46.9 Å². The van der Waals surface area contributed by atoms with Gasteiger partial charge >= 0.3 is 0 Å². The Labute approximate surface area is 163 Å². The molecule has 2 fully saturated rings. The molecule has 7 nitrogen and oxygen atoms in total. The zero-order chi connectivity index (χ0) is 19.3. The first-order valence-electron chi connectivity index (χ1n) is 9.73. The molecule has 0 N–H and O–H groups in total. The minimum Gasteiger partial charge on any atom is -0.426 e. The average molecular weight is 384 g/mol. The first-order valence-corrected chi connectivity index (χ1v) is 9.73. The van der Waals surface area contributed by atoms with E-state index in [2.05, 4.69) is 0 Å². The molecule has 4 rings (SSSR count). The molecule has 2 aromatic rings. The predicted octanol–water partition coefficient (Wildman–Crippen LogP) is 2.93. The van der Waals surface area contributed by atoms with E-state index in [9.17, 15) is 9.59 Å². The number of hydrogen-bond donors (Lipinski definition) is 0. The number of benzene rings is 1. The van der Waals surface area contributed by atoms with Crippen LogP contribution in [0.4, 0.5) is 0 Å². The van der Waals surface area contributed by atoms with Crippen molar-refractivity contribution in [1.29, 1.82) is 0 Å². The molecule has 0 bridgehead atoms. The molecule has 0 saturated carbocycles.